The van der Waals surface area contributed by atoms with Crippen molar-refractivity contribution < 1.29 is 13.2 Å². The molecule has 18 heavy (non-hydrogen) atoms. The van der Waals surface area contributed by atoms with Crippen molar-refractivity contribution in [3.05, 3.63) is 29.8 Å². The molecule has 0 bridgehead atoms. The van der Waals surface area contributed by atoms with Gasteiger partial charge in [0.1, 0.15) is 0 Å². The molecule has 0 aliphatic rings. The maximum Gasteiger partial charge on any atom is 0.240 e. The van der Waals surface area contributed by atoms with E-state index in [9.17, 15) is 8.42 Å². The van der Waals surface area contributed by atoms with Crippen LogP contribution in [0.3, 0.4) is 0 Å². The lowest BCUT2D eigenvalue weighted by atomic mass is 10.2. The van der Waals surface area contributed by atoms with Gasteiger partial charge in [0, 0.05) is 26.8 Å². The van der Waals surface area contributed by atoms with Gasteiger partial charge in [-0.15, -0.1) is 0 Å². The molecule has 102 valence electrons. The van der Waals surface area contributed by atoms with Gasteiger partial charge in [-0.05, 0) is 31.2 Å². The van der Waals surface area contributed by atoms with E-state index in [-0.39, 0.29) is 0 Å². The number of hydrogen-bond acceptors (Lipinski definition) is 4. The normalized spacial score (nSPS) is 11.7. The van der Waals surface area contributed by atoms with Crippen molar-refractivity contribution in [2.45, 2.75) is 17.9 Å². The second-order valence-electron chi connectivity index (χ2n) is 3.92. The molecule has 0 heterocycles. The molecule has 1 aromatic rings. The van der Waals surface area contributed by atoms with E-state index in [1.165, 1.54) is 0 Å². The van der Waals surface area contributed by atoms with E-state index < -0.39 is 10.0 Å². The van der Waals surface area contributed by atoms with Crippen molar-refractivity contribution in [2.75, 3.05) is 27.3 Å². The summed E-state index contributed by atoms with van der Waals surface area (Å²) in [6, 6.07) is 6.91. The van der Waals surface area contributed by atoms with E-state index in [0.717, 1.165) is 5.56 Å². The summed E-state index contributed by atoms with van der Waals surface area (Å²) in [5.41, 5.74) is 0.942. The predicted octanol–water partition coefficient (Wildman–Crippen LogP) is 0.721. The van der Waals surface area contributed by atoms with E-state index in [2.05, 4.69) is 10.0 Å². The van der Waals surface area contributed by atoms with Crippen molar-refractivity contribution in [1.82, 2.24) is 10.0 Å². The molecule has 0 spiro atoms. The fourth-order valence-corrected chi connectivity index (χ4v) is 2.68. The van der Waals surface area contributed by atoms with Crippen LogP contribution in [0.25, 0.3) is 0 Å². The molecular formula is C12H20N2O3S. The van der Waals surface area contributed by atoms with Gasteiger partial charge in [0.15, 0.2) is 0 Å². The number of ether oxygens (including phenoxy) is 1. The Kier molecular flexibility index (Phi) is 6.28. The van der Waals surface area contributed by atoms with Gasteiger partial charge >= 0.3 is 0 Å². The topological polar surface area (TPSA) is 67.4 Å². The summed E-state index contributed by atoms with van der Waals surface area (Å²) in [5, 5.41) is 2.99. The average Bonchev–Trinajstić information content (AvgIpc) is 2.36. The Bertz CT molecular complexity index is 460. The molecule has 0 aliphatic heterocycles. The Hall–Kier alpha value is -0.950. The highest BCUT2D eigenvalue weighted by molar-refractivity contribution is 7.89. The number of methoxy groups -OCH3 is 1. The zero-order chi connectivity index (χ0) is 13.4. The molecule has 0 atom stereocenters. The van der Waals surface area contributed by atoms with Gasteiger partial charge < -0.3 is 10.1 Å². The smallest absolute Gasteiger partial charge is 0.240 e. The van der Waals surface area contributed by atoms with Crippen LogP contribution in [0.2, 0.25) is 0 Å². The first-order valence-electron chi connectivity index (χ1n) is 5.82. The van der Waals surface area contributed by atoms with Crippen molar-refractivity contribution >= 4 is 10.0 Å². The SMILES string of the molecule is CNCc1cccc(S(=O)(=O)NCCCOC)c1. The van der Waals surface area contributed by atoms with Crippen LogP contribution in [0.1, 0.15) is 12.0 Å². The maximum absolute atomic E-state index is 12.0. The van der Waals surface area contributed by atoms with Crippen LogP contribution >= 0.6 is 0 Å². The highest BCUT2D eigenvalue weighted by Crippen LogP contribution is 2.11. The first kappa shape index (κ1) is 15.1. The van der Waals surface area contributed by atoms with E-state index in [0.29, 0.717) is 31.0 Å². The fraction of sp³-hybridized carbons (Fsp3) is 0.500. The molecule has 0 unspecified atom stereocenters. The van der Waals surface area contributed by atoms with E-state index in [4.69, 9.17) is 4.74 Å². The van der Waals surface area contributed by atoms with Crippen LogP contribution in [0.5, 0.6) is 0 Å². The summed E-state index contributed by atoms with van der Waals surface area (Å²) in [6.07, 6.45) is 0.659. The molecule has 1 rings (SSSR count). The van der Waals surface area contributed by atoms with E-state index >= 15 is 0 Å². The molecule has 5 nitrogen and oxygen atoms in total. The van der Waals surface area contributed by atoms with Crippen LogP contribution in [0.15, 0.2) is 29.2 Å². The molecule has 0 saturated heterocycles. The first-order chi connectivity index (χ1) is 8.60. The van der Waals surface area contributed by atoms with Crippen LogP contribution in [0.4, 0.5) is 0 Å². The molecule has 1 aromatic carbocycles. The lowest BCUT2D eigenvalue weighted by molar-refractivity contribution is 0.196. The van der Waals surface area contributed by atoms with Gasteiger partial charge in [-0.25, -0.2) is 13.1 Å². The summed E-state index contributed by atoms with van der Waals surface area (Å²) >= 11 is 0. The first-order valence-corrected chi connectivity index (χ1v) is 7.30. The van der Waals surface area contributed by atoms with Crippen molar-refractivity contribution in [3.8, 4) is 0 Å². The summed E-state index contributed by atoms with van der Waals surface area (Å²) < 4.78 is 31.4. The summed E-state index contributed by atoms with van der Waals surface area (Å²) in [4.78, 5) is 0.299. The van der Waals surface area contributed by atoms with Crippen LogP contribution < -0.4 is 10.0 Å². The van der Waals surface area contributed by atoms with Crippen molar-refractivity contribution in [2.24, 2.45) is 0 Å². The minimum Gasteiger partial charge on any atom is -0.385 e. The van der Waals surface area contributed by atoms with Gasteiger partial charge in [0.25, 0.3) is 0 Å². The quantitative estimate of drug-likeness (QED) is 0.684. The molecule has 2 N–H and O–H groups in total. The van der Waals surface area contributed by atoms with Gasteiger partial charge in [-0.3, -0.25) is 0 Å². The number of rotatable bonds is 8. The number of hydrogen-bond donors (Lipinski definition) is 2. The zero-order valence-electron chi connectivity index (χ0n) is 10.8. The highest BCUT2D eigenvalue weighted by atomic mass is 32.2. The van der Waals surface area contributed by atoms with Crippen LogP contribution in [-0.2, 0) is 21.3 Å². The van der Waals surface area contributed by atoms with Crippen LogP contribution in [-0.4, -0.2) is 35.7 Å². The van der Waals surface area contributed by atoms with Crippen LogP contribution in [0, 0.1) is 0 Å². The summed E-state index contributed by atoms with van der Waals surface area (Å²) in [5.74, 6) is 0. The third-order valence-electron chi connectivity index (χ3n) is 2.41. The van der Waals surface area contributed by atoms with Crippen molar-refractivity contribution in [1.29, 1.82) is 0 Å². The molecule has 0 aromatic heterocycles. The Morgan fingerprint density at radius 1 is 1.33 bits per heavy atom. The zero-order valence-corrected chi connectivity index (χ0v) is 11.6. The Balaban J connectivity index is 2.69. The van der Waals surface area contributed by atoms with E-state index in [1.54, 1.807) is 25.3 Å². The number of nitrogens with one attached hydrogen (secondary N) is 2. The monoisotopic (exact) mass is 272 g/mol. The molecule has 0 amide bonds. The third-order valence-corrected chi connectivity index (χ3v) is 3.87. The van der Waals surface area contributed by atoms with Gasteiger partial charge in [0.2, 0.25) is 10.0 Å². The predicted molar refractivity (Wildman–Crippen MR) is 70.9 cm³/mol. The van der Waals surface area contributed by atoms with Gasteiger partial charge in [-0.1, -0.05) is 12.1 Å². The Morgan fingerprint density at radius 2 is 2.11 bits per heavy atom. The number of sulfonamides is 1. The third kappa shape index (κ3) is 4.73. The minimum atomic E-state index is -3.41. The molecular weight excluding hydrogens is 252 g/mol. The van der Waals surface area contributed by atoms with Crippen molar-refractivity contribution in [3.63, 3.8) is 0 Å². The van der Waals surface area contributed by atoms with E-state index in [1.807, 2.05) is 13.1 Å². The molecule has 0 fully saturated rings. The number of benzene rings is 1. The summed E-state index contributed by atoms with van der Waals surface area (Å²) in [6.45, 7) is 1.57. The standard InChI is InChI=1S/C12H20N2O3S/c1-13-10-11-5-3-6-12(9-11)18(15,16)14-7-4-8-17-2/h3,5-6,9,13-14H,4,7-8,10H2,1-2H3. The summed E-state index contributed by atoms with van der Waals surface area (Å²) in [7, 11) is 0.00167. The van der Waals surface area contributed by atoms with Gasteiger partial charge in [0.05, 0.1) is 4.90 Å². The Morgan fingerprint density at radius 3 is 2.78 bits per heavy atom. The van der Waals surface area contributed by atoms with Gasteiger partial charge in [-0.2, -0.15) is 0 Å². The fourth-order valence-electron chi connectivity index (χ4n) is 1.53. The molecule has 6 heteroatoms. The molecule has 0 radical (unpaired) electrons. The minimum absolute atomic E-state index is 0.299. The second kappa shape index (κ2) is 7.48. The highest BCUT2D eigenvalue weighted by Gasteiger charge is 2.13. The lowest BCUT2D eigenvalue weighted by Gasteiger charge is -2.08. The second-order valence-corrected chi connectivity index (χ2v) is 5.69. The maximum atomic E-state index is 12.0. The molecule has 0 aliphatic carbocycles. The Labute approximate surface area is 109 Å². The largest absolute Gasteiger partial charge is 0.385 e. The molecule has 0 saturated carbocycles. The average molecular weight is 272 g/mol. The lowest BCUT2D eigenvalue weighted by Crippen LogP contribution is -2.25.